The van der Waals surface area contributed by atoms with Crippen molar-refractivity contribution in [3.05, 3.63) is 0 Å². The molecule has 0 aliphatic rings. The van der Waals surface area contributed by atoms with Crippen LogP contribution < -0.4 is 0 Å². The molecular weight excluding hydrogens is 136 g/mol. The molecule has 0 spiro atoms. The van der Waals surface area contributed by atoms with Crippen molar-refractivity contribution < 1.29 is 0 Å². The van der Waals surface area contributed by atoms with E-state index in [0.717, 1.165) is 13.0 Å². The van der Waals surface area contributed by atoms with Crippen molar-refractivity contribution in [2.75, 3.05) is 13.6 Å². The van der Waals surface area contributed by atoms with Crippen LogP contribution in [0.25, 0.3) is 0 Å². The van der Waals surface area contributed by atoms with Gasteiger partial charge in [-0.1, -0.05) is 0 Å². The Kier molecular flexibility index (Phi) is 5.25. The van der Waals surface area contributed by atoms with Gasteiger partial charge in [0.1, 0.15) is 0 Å². The zero-order valence-corrected chi connectivity index (χ0v) is 7.39. The quantitative estimate of drug-likeness (QED) is 0.566. The van der Waals surface area contributed by atoms with Crippen LogP contribution in [0.3, 0.4) is 0 Å². The topological polar surface area (TPSA) is 27.0 Å². The molecule has 0 saturated heterocycles. The third-order valence-corrected chi connectivity index (χ3v) is 1.61. The summed E-state index contributed by atoms with van der Waals surface area (Å²) >= 11 is 0. The van der Waals surface area contributed by atoms with E-state index in [4.69, 9.17) is 5.26 Å². The monoisotopic (exact) mass is 150 g/mol. The summed E-state index contributed by atoms with van der Waals surface area (Å²) in [4.78, 5) is 1.99. The fourth-order valence-corrected chi connectivity index (χ4v) is 0.649. The molecule has 60 valence electrons. The molecule has 1 unspecified atom stereocenters. The van der Waals surface area contributed by atoms with E-state index in [9.17, 15) is 0 Å². The maximum Gasteiger partial charge on any atom is 0.0947 e. The minimum atomic E-state index is -0.00587. The molecular formula is C9H14N2. The summed E-state index contributed by atoms with van der Waals surface area (Å²) in [5.41, 5.74) is 0. The van der Waals surface area contributed by atoms with Crippen LogP contribution in [-0.4, -0.2) is 24.5 Å². The van der Waals surface area contributed by atoms with Gasteiger partial charge in [-0.2, -0.15) is 5.26 Å². The lowest BCUT2D eigenvalue weighted by molar-refractivity contribution is 0.310. The van der Waals surface area contributed by atoms with Gasteiger partial charge in [0.2, 0.25) is 0 Å². The number of nitriles is 1. The maximum absolute atomic E-state index is 8.53. The maximum atomic E-state index is 8.53. The van der Waals surface area contributed by atoms with Gasteiger partial charge in [-0.25, -0.2) is 0 Å². The fraction of sp³-hybridized carbons (Fsp3) is 0.667. The Labute approximate surface area is 68.8 Å². The van der Waals surface area contributed by atoms with Crippen LogP contribution in [0, 0.1) is 23.2 Å². The third-order valence-electron chi connectivity index (χ3n) is 1.61. The zero-order valence-electron chi connectivity index (χ0n) is 7.39. The Morgan fingerprint density at radius 3 is 2.64 bits per heavy atom. The predicted octanol–water partition coefficient (Wildman–Crippen LogP) is 1.24. The van der Waals surface area contributed by atoms with Crippen molar-refractivity contribution in [2.45, 2.75) is 26.3 Å². The molecule has 0 amide bonds. The van der Waals surface area contributed by atoms with Gasteiger partial charge in [-0.05, 0) is 20.9 Å². The molecule has 0 radical (unpaired) electrons. The first-order chi connectivity index (χ1) is 5.22. The highest BCUT2D eigenvalue weighted by molar-refractivity contribution is 4.96. The number of rotatable bonds is 3. The highest BCUT2D eigenvalue weighted by Crippen LogP contribution is 1.93. The Balaban J connectivity index is 3.59. The van der Waals surface area contributed by atoms with E-state index in [1.54, 1.807) is 0 Å². The fourth-order valence-electron chi connectivity index (χ4n) is 0.649. The lowest BCUT2D eigenvalue weighted by Gasteiger charge is -2.16. The van der Waals surface area contributed by atoms with Crippen molar-refractivity contribution >= 4 is 0 Å². The lowest BCUT2D eigenvalue weighted by atomic mass is 10.3. The zero-order chi connectivity index (χ0) is 8.69. The Morgan fingerprint density at radius 2 is 2.18 bits per heavy atom. The van der Waals surface area contributed by atoms with Crippen molar-refractivity contribution in [1.82, 2.24) is 4.90 Å². The molecule has 0 aliphatic heterocycles. The second-order valence-electron chi connectivity index (χ2n) is 2.46. The van der Waals surface area contributed by atoms with Crippen LogP contribution in [0.2, 0.25) is 0 Å². The molecule has 0 aromatic heterocycles. The van der Waals surface area contributed by atoms with Crippen molar-refractivity contribution in [3.8, 4) is 17.9 Å². The van der Waals surface area contributed by atoms with Crippen LogP contribution >= 0.6 is 0 Å². The minimum Gasteiger partial charge on any atom is -0.290 e. The van der Waals surface area contributed by atoms with Gasteiger partial charge in [-0.15, -0.1) is 11.8 Å². The first-order valence-corrected chi connectivity index (χ1v) is 3.71. The second kappa shape index (κ2) is 5.77. The molecule has 0 aromatic rings. The first-order valence-electron chi connectivity index (χ1n) is 3.71. The molecule has 0 N–H and O–H groups in total. The predicted molar refractivity (Wildman–Crippen MR) is 45.8 cm³/mol. The summed E-state index contributed by atoms with van der Waals surface area (Å²) in [6.07, 6.45) is 0.846. The summed E-state index contributed by atoms with van der Waals surface area (Å²) < 4.78 is 0. The van der Waals surface area contributed by atoms with Gasteiger partial charge in [0.05, 0.1) is 12.1 Å². The van der Waals surface area contributed by atoms with Gasteiger partial charge in [0, 0.05) is 13.0 Å². The summed E-state index contributed by atoms with van der Waals surface area (Å²) in [5.74, 6) is 5.78. The third kappa shape index (κ3) is 4.42. The van der Waals surface area contributed by atoms with E-state index in [1.165, 1.54) is 0 Å². The van der Waals surface area contributed by atoms with Gasteiger partial charge >= 0.3 is 0 Å². The largest absolute Gasteiger partial charge is 0.290 e. The molecule has 0 rings (SSSR count). The van der Waals surface area contributed by atoms with Crippen LogP contribution in [0.4, 0.5) is 0 Å². The lowest BCUT2D eigenvalue weighted by Crippen LogP contribution is -2.28. The van der Waals surface area contributed by atoms with Crippen molar-refractivity contribution in [3.63, 3.8) is 0 Å². The summed E-state index contributed by atoms with van der Waals surface area (Å²) in [6.45, 7) is 4.59. The van der Waals surface area contributed by atoms with Gasteiger partial charge in [-0.3, -0.25) is 4.90 Å². The van der Waals surface area contributed by atoms with Crippen LogP contribution in [-0.2, 0) is 0 Å². The van der Waals surface area contributed by atoms with Gasteiger partial charge in [0.15, 0.2) is 0 Å². The Morgan fingerprint density at radius 1 is 1.55 bits per heavy atom. The normalized spacial score (nSPS) is 11.5. The number of nitrogens with zero attached hydrogens (tertiary/aromatic N) is 2. The molecule has 11 heavy (non-hydrogen) atoms. The summed E-state index contributed by atoms with van der Waals surface area (Å²) in [7, 11) is 1.94. The summed E-state index contributed by atoms with van der Waals surface area (Å²) in [5, 5.41) is 8.53. The molecule has 0 aromatic carbocycles. The SMILES string of the molecule is CC#CCCN(C)C(C)C#N. The number of hydrogen-bond donors (Lipinski definition) is 0. The first kappa shape index (κ1) is 10.0. The average molecular weight is 150 g/mol. The average Bonchev–Trinajstić information content (AvgIpc) is 2.03. The van der Waals surface area contributed by atoms with Gasteiger partial charge < -0.3 is 0 Å². The van der Waals surface area contributed by atoms with E-state index in [2.05, 4.69) is 17.9 Å². The molecule has 1 atom stereocenters. The molecule has 0 fully saturated rings. The molecule has 0 saturated carbocycles. The second-order valence-corrected chi connectivity index (χ2v) is 2.46. The van der Waals surface area contributed by atoms with E-state index >= 15 is 0 Å². The minimum absolute atomic E-state index is 0.00587. The molecule has 2 nitrogen and oxygen atoms in total. The molecule has 0 aliphatic carbocycles. The van der Waals surface area contributed by atoms with Crippen molar-refractivity contribution in [1.29, 1.82) is 5.26 Å². The number of hydrogen-bond acceptors (Lipinski definition) is 2. The smallest absolute Gasteiger partial charge is 0.0947 e. The van der Waals surface area contributed by atoms with E-state index in [0.29, 0.717) is 0 Å². The molecule has 0 heterocycles. The van der Waals surface area contributed by atoms with Crippen molar-refractivity contribution in [2.24, 2.45) is 0 Å². The Bertz CT molecular complexity index is 192. The van der Waals surface area contributed by atoms with Crippen LogP contribution in [0.1, 0.15) is 20.3 Å². The van der Waals surface area contributed by atoms with Crippen LogP contribution in [0.5, 0.6) is 0 Å². The van der Waals surface area contributed by atoms with E-state index < -0.39 is 0 Å². The van der Waals surface area contributed by atoms with Gasteiger partial charge in [0.25, 0.3) is 0 Å². The summed E-state index contributed by atoms with van der Waals surface area (Å²) in [6, 6.07) is 2.16. The van der Waals surface area contributed by atoms with E-state index in [-0.39, 0.29) is 6.04 Å². The molecule has 2 heteroatoms. The van der Waals surface area contributed by atoms with Crippen LogP contribution in [0.15, 0.2) is 0 Å². The standard InChI is InChI=1S/C9H14N2/c1-4-5-6-7-11(3)9(2)8-10/h9H,6-7H2,1-3H3. The highest BCUT2D eigenvalue weighted by atomic mass is 15.1. The Hall–Kier alpha value is -0.990. The van der Waals surface area contributed by atoms with E-state index in [1.807, 2.05) is 25.8 Å². The highest BCUT2D eigenvalue weighted by Gasteiger charge is 2.04. The molecule has 0 bridgehead atoms.